The van der Waals surface area contributed by atoms with Crippen molar-refractivity contribution in [1.82, 2.24) is 0 Å². The maximum Gasteiger partial charge on any atom is 0.396 e. The van der Waals surface area contributed by atoms with Crippen molar-refractivity contribution < 1.29 is 27.5 Å². The van der Waals surface area contributed by atoms with Crippen molar-refractivity contribution >= 4 is 17.6 Å². The van der Waals surface area contributed by atoms with Crippen molar-refractivity contribution in [3.63, 3.8) is 0 Å². The van der Waals surface area contributed by atoms with E-state index in [2.05, 4.69) is 0 Å². The molecule has 0 heterocycles. The van der Waals surface area contributed by atoms with Crippen LogP contribution in [0.1, 0.15) is 45.8 Å². The van der Waals surface area contributed by atoms with Gasteiger partial charge in [-0.05, 0) is 58.5 Å². The lowest BCUT2D eigenvalue weighted by Gasteiger charge is -2.28. The molecule has 1 N–H and O–H groups in total. The molecule has 2 unspecified atom stereocenters. The van der Waals surface area contributed by atoms with Crippen LogP contribution in [0.25, 0.3) is 11.1 Å². The van der Waals surface area contributed by atoms with Crippen LogP contribution in [-0.4, -0.2) is 17.3 Å². The van der Waals surface area contributed by atoms with Crippen LogP contribution in [0.4, 0.5) is 17.6 Å². The standard InChI is InChI=1S/C24H16ClF4NO2/c1-13(22(24(27,28)29)17-4-2-3-14(9-17)12-30)18-7-5-15(10-20(18)25)16-6-8-19(23(31)32)21(26)11-16/h2-11,13,22H,1H3,(H,31,32). The Labute approximate surface area is 186 Å². The topological polar surface area (TPSA) is 61.1 Å². The van der Waals surface area contributed by atoms with Crippen molar-refractivity contribution in [2.45, 2.75) is 24.9 Å². The maximum atomic E-state index is 14.0. The molecule has 0 bridgehead atoms. The van der Waals surface area contributed by atoms with Crippen molar-refractivity contribution in [3.05, 3.63) is 93.8 Å². The summed E-state index contributed by atoms with van der Waals surface area (Å²) in [6.07, 6.45) is -4.59. The highest BCUT2D eigenvalue weighted by atomic mass is 35.5. The zero-order chi connectivity index (χ0) is 23.6. The van der Waals surface area contributed by atoms with Gasteiger partial charge in [0.2, 0.25) is 0 Å². The lowest BCUT2D eigenvalue weighted by atomic mass is 9.81. The Morgan fingerprint density at radius 3 is 2.28 bits per heavy atom. The summed E-state index contributed by atoms with van der Waals surface area (Å²) in [6.45, 7) is 1.40. The smallest absolute Gasteiger partial charge is 0.396 e. The third-order valence-corrected chi connectivity index (χ3v) is 5.58. The summed E-state index contributed by atoms with van der Waals surface area (Å²) in [6, 6.07) is 15.1. The molecule has 32 heavy (non-hydrogen) atoms. The quantitative estimate of drug-likeness (QED) is 0.410. The van der Waals surface area contributed by atoms with E-state index in [0.717, 1.165) is 12.1 Å². The average Bonchev–Trinajstić information content (AvgIpc) is 2.72. The monoisotopic (exact) mass is 461 g/mol. The first-order valence-corrected chi connectivity index (χ1v) is 9.80. The molecule has 2 atom stereocenters. The van der Waals surface area contributed by atoms with Crippen LogP contribution in [-0.2, 0) is 0 Å². The molecule has 0 spiro atoms. The molecule has 3 rings (SSSR count). The van der Waals surface area contributed by atoms with Gasteiger partial charge >= 0.3 is 12.1 Å². The number of carbonyl (C=O) groups is 1. The fraction of sp³-hybridized carbons (Fsp3) is 0.167. The fourth-order valence-electron chi connectivity index (χ4n) is 3.69. The molecule has 8 heteroatoms. The average molecular weight is 462 g/mol. The lowest BCUT2D eigenvalue weighted by molar-refractivity contribution is -0.154. The van der Waals surface area contributed by atoms with Crippen LogP contribution in [0.5, 0.6) is 0 Å². The molecular weight excluding hydrogens is 446 g/mol. The Kier molecular flexibility index (Phi) is 6.56. The minimum absolute atomic E-state index is 0.0458. The number of benzene rings is 3. The molecule has 0 aliphatic carbocycles. The second kappa shape index (κ2) is 9.01. The highest BCUT2D eigenvalue weighted by molar-refractivity contribution is 6.31. The van der Waals surface area contributed by atoms with Crippen molar-refractivity contribution in [2.75, 3.05) is 0 Å². The summed E-state index contributed by atoms with van der Waals surface area (Å²) in [7, 11) is 0. The predicted molar refractivity (Wildman–Crippen MR) is 112 cm³/mol. The van der Waals surface area contributed by atoms with E-state index in [0.29, 0.717) is 11.1 Å². The number of aromatic carboxylic acids is 1. The summed E-state index contributed by atoms with van der Waals surface area (Å²) in [5, 5.41) is 18.0. The molecule has 3 aromatic carbocycles. The van der Waals surface area contributed by atoms with E-state index in [4.69, 9.17) is 22.0 Å². The van der Waals surface area contributed by atoms with E-state index in [1.54, 1.807) is 0 Å². The van der Waals surface area contributed by atoms with E-state index < -0.39 is 35.4 Å². The molecule has 0 amide bonds. The molecule has 3 nitrogen and oxygen atoms in total. The van der Waals surface area contributed by atoms with E-state index in [1.165, 1.54) is 55.5 Å². The number of carboxylic acid groups (broad SMARTS) is 1. The van der Waals surface area contributed by atoms with Gasteiger partial charge in [-0.1, -0.05) is 48.9 Å². The van der Waals surface area contributed by atoms with Gasteiger partial charge in [0, 0.05) is 5.02 Å². The van der Waals surface area contributed by atoms with Crippen LogP contribution in [0.15, 0.2) is 60.7 Å². The number of carboxylic acids is 1. The summed E-state index contributed by atoms with van der Waals surface area (Å²) in [4.78, 5) is 11.0. The first kappa shape index (κ1) is 23.3. The van der Waals surface area contributed by atoms with Gasteiger partial charge in [0.05, 0.1) is 23.1 Å². The van der Waals surface area contributed by atoms with Gasteiger partial charge in [-0.3, -0.25) is 0 Å². The van der Waals surface area contributed by atoms with Crippen molar-refractivity contribution in [2.24, 2.45) is 0 Å². The van der Waals surface area contributed by atoms with E-state index in [1.807, 2.05) is 6.07 Å². The number of halogens is 5. The summed E-state index contributed by atoms with van der Waals surface area (Å²) < 4.78 is 56.0. The number of rotatable bonds is 5. The van der Waals surface area contributed by atoms with E-state index >= 15 is 0 Å². The number of hydrogen-bond acceptors (Lipinski definition) is 2. The van der Waals surface area contributed by atoms with Gasteiger partial charge in [0.15, 0.2) is 0 Å². The molecule has 0 radical (unpaired) electrons. The first-order chi connectivity index (χ1) is 15.0. The maximum absolute atomic E-state index is 14.0. The van der Waals surface area contributed by atoms with Gasteiger partial charge in [-0.2, -0.15) is 18.4 Å². The fourth-order valence-corrected chi connectivity index (χ4v) is 4.04. The van der Waals surface area contributed by atoms with Crippen LogP contribution in [0.2, 0.25) is 5.02 Å². The molecule has 164 valence electrons. The zero-order valence-electron chi connectivity index (χ0n) is 16.6. The highest BCUT2D eigenvalue weighted by Gasteiger charge is 2.45. The molecule has 0 aliphatic heterocycles. The second-order valence-electron chi connectivity index (χ2n) is 7.28. The minimum atomic E-state index is -4.59. The largest absolute Gasteiger partial charge is 0.478 e. The molecule has 0 aromatic heterocycles. The van der Waals surface area contributed by atoms with Crippen LogP contribution in [0, 0.1) is 17.1 Å². The second-order valence-corrected chi connectivity index (χ2v) is 7.69. The van der Waals surface area contributed by atoms with E-state index in [-0.39, 0.29) is 21.7 Å². The summed E-state index contributed by atoms with van der Waals surface area (Å²) >= 11 is 6.33. The highest BCUT2D eigenvalue weighted by Crippen LogP contribution is 2.46. The van der Waals surface area contributed by atoms with Crippen LogP contribution in [0.3, 0.4) is 0 Å². The van der Waals surface area contributed by atoms with Gasteiger partial charge in [0.25, 0.3) is 0 Å². The van der Waals surface area contributed by atoms with Crippen LogP contribution < -0.4 is 0 Å². The molecular formula is C24H16ClF4NO2. The Hall–Kier alpha value is -3.37. The van der Waals surface area contributed by atoms with Crippen molar-refractivity contribution in [3.8, 4) is 17.2 Å². The SMILES string of the molecule is CC(c1ccc(-c2ccc(C(=O)O)c(F)c2)cc1Cl)C(c1cccc(C#N)c1)C(F)(F)F. The van der Waals surface area contributed by atoms with Gasteiger partial charge in [0.1, 0.15) is 5.82 Å². The molecule has 3 aromatic rings. The number of nitriles is 1. The van der Waals surface area contributed by atoms with Gasteiger partial charge in [-0.15, -0.1) is 0 Å². The molecule has 0 fully saturated rings. The Bertz CT molecular complexity index is 1220. The van der Waals surface area contributed by atoms with Gasteiger partial charge in [-0.25, -0.2) is 9.18 Å². The number of alkyl halides is 3. The molecule has 0 aliphatic rings. The Morgan fingerprint density at radius 2 is 1.72 bits per heavy atom. The first-order valence-electron chi connectivity index (χ1n) is 9.42. The van der Waals surface area contributed by atoms with E-state index in [9.17, 15) is 22.4 Å². The molecule has 0 saturated heterocycles. The Balaban J connectivity index is 2.00. The van der Waals surface area contributed by atoms with Crippen molar-refractivity contribution in [1.29, 1.82) is 5.26 Å². The third kappa shape index (κ3) is 4.76. The van der Waals surface area contributed by atoms with Gasteiger partial charge < -0.3 is 5.11 Å². The summed E-state index contributed by atoms with van der Waals surface area (Å²) in [5.74, 6) is -5.31. The normalized spacial score (nSPS) is 13.3. The lowest BCUT2D eigenvalue weighted by Crippen LogP contribution is -2.26. The Morgan fingerprint density at radius 1 is 1.06 bits per heavy atom. The summed E-state index contributed by atoms with van der Waals surface area (Å²) in [5.41, 5.74) is 0.590. The predicted octanol–water partition coefficient (Wildman–Crippen LogP) is 7.17. The zero-order valence-corrected chi connectivity index (χ0v) is 17.4. The third-order valence-electron chi connectivity index (χ3n) is 5.25. The van der Waals surface area contributed by atoms with Crippen LogP contribution >= 0.6 is 11.6 Å². The minimum Gasteiger partial charge on any atom is -0.478 e. The number of hydrogen-bond donors (Lipinski definition) is 1. The molecule has 0 saturated carbocycles. The number of nitrogens with zero attached hydrogens (tertiary/aromatic N) is 1.